The van der Waals surface area contributed by atoms with Gasteiger partial charge in [0.1, 0.15) is 29.7 Å². The second kappa shape index (κ2) is 8.56. The van der Waals surface area contributed by atoms with E-state index in [2.05, 4.69) is 15.6 Å². The van der Waals surface area contributed by atoms with Crippen LogP contribution in [0.5, 0.6) is 0 Å². The van der Waals surface area contributed by atoms with E-state index in [0.717, 1.165) is 5.52 Å². The minimum atomic E-state index is -1.17. The highest BCUT2D eigenvalue weighted by Crippen LogP contribution is 2.63. The highest BCUT2D eigenvalue weighted by atomic mass is 16.6. The summed E-state index contributed by atoms with van der Waals surface area (Å²) in [6.45, 7) is 5.32. The van der Waals surface area contributed by atoms with Gasteiger partial charge < -0.3 is 24.8 Å². The number of amides is 2. The molecule has 0 aliphatic carbocycles. The minimum absolute atomic E-state index is 0.0487. The van der Waals surface area contributed by atoms with E-state index in [-0.39, 0.29) is 25.8 Å². The summed E-state index contributed by atoms with van der Waals surface area (Å²) in [5.41, 5.74) is -0.592. The van der Waals surface area contributed by atoms with Crippen molar-refractivity contribution in [3.63, 3.8) is 0 Å². The number of benzene rings is 1. The molecular weight excluding hydrogens is 454 g/mol. The van der Waals surface area contributed by atoms with Gasteiger partial charge in [-0.1, -0.05) is 24.3 Å². The van der Waals surface area contributed by atoms with Crippen molar-refractivity contribution >= 4 is 28.8 Å². The number of rotatable bonds is 8. The highest BCUT2D eigenvalue weighted by Gasteiger charge is 2.78. The Morgan fingerprint density at radius 2 is 2.09 bits per heavy atom. The number of esters is 1. The molecule has 188 valence electrons. The first-order valence-electron chi connectivity index (χ1n) is 12.2. The zero-order valence-corrected chi connectivity index (χ0v) is 20.1. The van der Waals surface area contributed by atoms with Gasteiger partial charge in [-0.2, -0.15) is 0 Å². The van der Waals surface area contributed by atoms with Gasteiger partial charge in [0.25, 0.3) is 0 Å². The van der Waals surface area contributed by atoms with Crippen LogP contribution in [0.15, 0.2) is 24.3 Å². The zero-order chi connectivity index (χ0) is 25.0. The lowest BCUT2D eigenvalue weighted by Gasteiger charge is -2.36. The maximum absolute atomic E-state index is 13.8. The van der Waals surface area contributed by atoms with E-state index in [1.807, 2.05) is 38.1 Å². The van der Waals surface area contributed by atoms with Crippen LogP contribution in [0.4, 0.5) is 0 Å². The Labute approximate surface area is 202 Å². The standard InChI is InChI=1S/C24H31N5O6/c1-4-14(12-30)29-19(20(31)25-13-28-16-9-7-6-8-15(16)26-27-28)24-11-10-23(3,35-24)18(17(24)21(29)32)22(33)34-5-2/h6-9,14,17-19,30H,4-5,10-13H2,1-3H3,(H,25,31)/t14-,17-,18+,19?,23-,24?/m0/s1. The topological polar surface area (TPSA) is 136 Å². The molecule has 5 rings (SSSR count). The van der Waals surface area contributed by atoms with Gasteiger partial charge in [0.05, 0.1) is 36.3 Å². The lowest BCUT2D eigenvalue weighted by Crippen LogP contribution is -2.58. The number of carbonyl (C=O) groups excluding carboxylic acids is 3. The molecule has 3 aliphatic rings. The van der Waals surface area contributed by atoms with E-state index >= 15 is 0 Å². The molecule has 2 unspecified atom stereocenters. The Kier molecular flexibility index (Phi) is 5.79. The van der Waals surface area contributed by atoms with Crippen molar-refractivity contribution in [3.8, 4) is 0 Å². The number of hydrogen-bond donors (Lipinski definition) is 2. The molecule has 2 aromatic rings. The number of likely N-dealkylation sites (tertiary alicyclic amines) is 1. The Bertz CT molecular complexity index is 1160. The number of aromatic nitrogens is 3. The van der Waals surface area contributed by atoms with Crippen molar-refractivity contribution in [1.82, 2.24) is 25.2 Å². The number of aliphatic hydroxyl groups is 1. The summed E-state index contributed by atoms with van der Waals surface area (Å²) in [6.07, 6.45) is 1.43. The van der Waals surface area contributed by atoms with Crippen molar-refractivity contribution in [2.24, 2.45) is 11.8 Å². The Morgan fingerprint density at radius 1 is 1.31 bits per heavy atom. The van der Waals surface area contributed by atoms with Crippen LogP contribution in [0.3, 0.4) is 0 Å². The molecule has 1 spiro atoms. The molecule has 6 atom stereocenters. The first-order chi connectivity index (χ1) is 16.8. The molecule has 11 nitrogen and oxygen atoms in total. The summed E-state index contributed by atoms with van der Waals surface area (Å²) in [7, 11) is 0. The molecule has 3 saturated heterocycles. The third kappa shape index (κ3) is 3.35. The fourth-order valence-corrected chi connectivity index (χ4v) is 6.34. The van der Waals surface area contributed by atoms with E-state index in [9.17, 15) is 19.5 Å². The van der Waals surface area contributed by atoms with Crippen LogP contribution < -0.4 is 5.32 Å². The van der Waals surface area contributed by atoms with Crippen molar-refractivity contribution in [2.45, 2.75) is 70.0 Å². The average Bonchev–Trinajstić information content (AvgIpc) is 3.55. The molecule has 2 amide bonds. The van der Waals surface area contributed by atoms with Crippen molar-refractivity contribution in [3.05, 3.63) is 24.3 Å². The second-order valence-electron chi connectivity index (χ2n) is 9.75. The fraction of sp³-hybridized carbons (Fsp3) is 0.625. The van der Waals surface area contributed by atoms with Gasteiger partial charge >= 0.3 is 5.97 Å². The maximum atomic E-state index is 13.8. The van der Waals surface area contributed by atoms with Gasteiger partial charge in [0.15, 0.2) is 0 Å². The summed E-state index contributed by atoms with van der Waals surface area (Å²) < 4.78 is 13.4. The van der Waals surface area contributed by atoms with Crippen LogP contribution in [0.1, 0.15) is 40.0 Å². The molecule has 2 N–H and O–H groups in total. The van der Waals surface area contributed by atoms with E-state index < -0.39 is 47.0 Å². The van der Waals surface area contributed by atoms with E-state index in [1.54, 1.807) is 11.6 Å². The number of para-hydroxylation sites is 1. The molecule has 3 aliphatic heterocycles. The molecule has 0 radical (unpaired) electrons. The van der Waals surface area contributed by atoms with Crippen LogP contribution in [0.2, 0.25) is 0 Å². The number of ether oxygens (including phenoxy) is 2. The Hall–Kier alpha value is -3.05. The van der Waals surface area contributed by atoms with E-state index in [1.165, 1.54) is 4.90 Å². The number of nitrogens with zero attached hydrogens (tertiary/aromatic N) is 4. The van der Waals surface area contributed by atoms with Crippen molar-refractivity contribution < 1.29 is 29.0 Å². The molecule has 3 fully saturated rings. The third-order valence-corrected chi connectivity index (χ3v) is 7.90. The number of aliphatic hydroxyl groups excluding tert-OH is 1. The predicted octanol–water partition coefficient (Wildman–Crippen LogP) is 0.604. The first-order valence-corrected chi connectivity index (χ1v) is 12.2. The van der Waals surface area contributed by atoms with Crippen LogP contribution in [-0.2, 0) is 30.5 Å². The number of fused-ring (bicyclic) bond motifs is 2. The van der Waals surface area contributed by atoms with Gasteiger partial charge in [0.2, 0.25) is 11.8 Å². The van der Waals surface area contributed by atoms with E-state index in [4.69, 9.17) is 9.47 Å². The molecule has 0 saturated carbocycles. The van der Waals surface area contributed by atoms with Crippen LogP contribution in [0.25, 0.3) is 11.0 Å². The number of nitrogens with one attached hydrogen (secondary N) is 1. The second-order valence-corrected chi connectivity index (χ2v) is 9.75. The van der Waals surface area contributed by atoms with Gasteiger partial charge in [-0.25, -0.2) is 4.68 Å². The van der Waals surface area contributed by atoms with Crippen molar-refractivity contribution in [2.75, 3.05) is 13.2 Å². The smallest absolute Gasteiger partial charge is 0.312 e. The highest BCUT2D eigenvalue weighted by molar-refractivity contribution is 5.98. The zero-order valence-electron chi connectivity index (χ0n) is 20.1. The summed E-state index contributed by atoms with van der Waals surface area (Å²) in [6, 6.07) is 5.83. The predicted molar refractivity (Wildman–Crippen MR) is 123 cm³/mol. The quantitative estimate of drug-likeness (QED) is 0.519. The monoisotopic (exact) mass is 485 g/mol. The average molecular weight is 486 g/mol. The number of carbonyl (C=O) groups is 3. The molecule has 35 heavy (non-hydrogen) atoms. The SMILES string of the molecule is CCOC(=O)[C@H]1[C@H]2C(=O)N([C@@H](CC)CO)C(C(=O)NCn3nnc4ccccc43)C23CC[C@]1(C)O3. The molecule has 1 aromatic carbocycles. The van der Waals surface area contributed by atoms with Gasteiger partial charge in [0, 0.05) is 0 Å². The lowest BCUT2D eigenvalue weighted by atomic mass is 9.66. The Balaban J connectivity index is 1.49. The lowest BCUT2D eigenvalue weighted by molar-refractivity contribution is -0.160. The summed E-state index contributed by atoms with van der Waals surface area (Å²) in [5.74, 6) is -2.90. The summed E-state index contributed by atoms with van der Waals surface area (Å²) in [5, 5.41) is 21.2. The van der Waals surface area contributed by atoms with Gasteiger partial charge in [-0.15, -0.1) is 5.10 Å². The molecular formula is C24H31N5O6. The molecule has 2 bridgehead atoms. The van der Waals surface area contributed by atoms with Crippen LogP contribution >= 0.6 is 0 Å². The largest absolute Gasteiger partial charge is 0.466 e. The van der Waals surface area contributed by atoms with Crippen LogP contribution in [0, 0.1) is 11.8 Å². The first kappa shape index (κ1) is 23.7. The molecule has 4 heterocycles. The van der Waals surface area contributed by atoms with Crippen LogP contribution in [-0.4, -0.2) is 79.3 Å². The Morgan fingerprint density at radius 3 is 2.80 bits per heavy atom. The summed E-state index contributed by atoms with van der Waals surface area (Å²) in [4.78, 5) is 42.0. The van der Waals surface area contributed by atoms with Gasteiger partial charge in [-0.3, -0.25) is 14.4 Å². The summed E-state index contributed by atoms with van der Waals surface area (Å²) >= 11 is 0. The van der Waals surface area contributed by atoms with E-state index in [0.29, 0.717) is 24.8 Å². The van der Waals surface area contributed by atoms with Gasteiger partial charge in [-0.05, 0) is 45.2 Å². The van der Waals surface area contributed by atoms with Crippen molar-refractivity contribution in [1.29, 1.82) is 0 Å². The minimum Gasteiger partial charge on any atom is -0.466 e. The normalized spacial score (nSPS) is 32.2. The maximum Gasteiger partial charge on any atom is 0.312 e. The number of hydrogen-bond acceptors (Lipinski definition) is 8. The fourth-order valence-electron chi connectivity index (χ4n) is 6.34. The third-order valence-electron chi connectivity index (χ3n) is 7.90. The molecule has 1 aromatic heterocycles. The molecule has 11 heteroatoms.